The van der Waals surface area contributed by atoms with Crippen molar-refractivity contribution in [3.8, 4) is 0 Å². The lowest BCUT2D eigenvalue weighted by Gasteiger charge is -2.22. The molecular formula is C24H19Cl2NO2S. The molecule has 3 aromatic carbocycles. The number of rotatable bonds is 5. The number of carbonyl (C=O) groups excluding carboxylic acids is 2. The molecule has 1 N–H and O–H groups in total. The second-order valence-corrected chi connectivity index (χ2v) is 9.00. The molecule has 3 aromatic rings. The zero-order chi connectivity index (χ0) is 21.1. The number of anilines is 1. The molecule has 0 saturated heterocycles. The minimum Gasteiger partial charge on any atom is -0.325 e. The minimum atomic E-state index is -0.687. The molecule has 0 saturated carbocycles. The zero-order valence-corrected chi connectivity index (χ0v) is 18.4. The number of benzene rings is 3. The summed E-state index contributed by atoms with van der Waals surface area (Å²) in [4.78, 5) is 26.7. The van der Waals surface area contributed by atoms with Gasteiger partial charge < -0.3 is 5.32 Å². The standard InChI is InChI=1S/C24H19Cl2NO2S/c25-19-12-10-15(13-20(19)26)9-11-16-5-1-3-7-21(16)27-24(29)18-14-30-22-8-4-2-6-17(22)23(18)28/h1-8,10,12-13,18H,9,11,14H2,(H,27,29). The van der Waals surface area contributed by atoms with E-state index in [2.05, 4.69) is 5.32 Å². The maximum absolute atomic E-state index is 12.9. The molecule has 0 bridgehead atoms. The monoisotopic (exact) mass is 455 g/mol. The van der Waals surface area contributed by atoms with Crippen LogP contribution < -0.4 is 5.32 Å². The van der Waals surface area contributed by atoms with Gasteiger partial charge in [-0.2, -0.15) is 0 Å². The van der Waals surface area contributed by atoms with Crippen LogP contribution in [0.15, 0.2) is 71.6 Å². The summed E-state index contributed by atoms with van der Waals surface area (Å²) < 4.78 is 0. The summed E-state index contributed by atoms with van der Waals surface area (Å²) in [7, 11) is 0. The highest BCUT2D eigenvalue weighted by Crippen LogP contribution is 2.33. The molecule has 0 aromatic heterocycles. The van der Waals surface area contributed by atoms with Crippen LogP contribution in [0.3, 0.4) is 0 Å². The summed E-state index contributed by atoms with van der Waals surface area (Å²) in [5.74, 6) is -0.611. The zero-order valence-electron chi connectivity index (χ0n) is 16.0. The normalized spacial score (nSPS) is 15.5. The summed E-state index contributed by atoms with van der Waals surface area (Å²) in [5, 5.41) is 4.04. The lowest BCUT2D eigenvalue weighted by Crippen LogP contribution is -2.34. The van der Waals surface area contributed by atoms with E-state index in [0.29, 0.717) is 21.4 Å². The Morgan fingerprint density at radius 3 is 2.57 bits per heavy atom. The maximum Gasteiger partial charge on any atom is 0.236 e. The molecule has 30 heavy (non-hydrogen) atoms. The maximum atomic E-state index is 12.9. The van der Waals surface area contributed by atoms with Gasteiger partial charge in [-0.25, -0.2) is 0 Å². The van der Waals surface area contributed by atoms with E-state index in [0.717, 1.165) is 34.6 Å². The van der Waals surface area contributed by atoms with Crippen LogP contribution in [-0.4, -0.2) is 17.4 Å². The Kier molecular flexibility index (Phi) is 6.47. The van der Waals surface area contributed by atoms with Crippen molar-refractivity contribution in [2.45, 2.75) is 17.7 Å². The van der Waals surface area contributed by atoms with E-state index >= 15 is 0 Å². The first kappa shape index (κ1) is 21.0. The molecule has 152 valence electrons. The number of fused-ring (bicyclic) bond motifs is 1. The van der Waals surface area contributed by atoms with Crippen LogP contribution in [-0.2, 0) is 17.6 Å². The number of Topliss-reactive ketones (excluding diaryl/α,β-unsaturated/α-hetero) is 1. The summed E-state index contributed by atoms with van der Waals surface area (Å²) in [5.41, 5.74) is 3.44. The van der Waals surface area contributed by atoms with Crippen LogP contribution in [0.2, 0.25) is 10.0 Å². The first-order chi connectivity index (χ1) is 14.5. The molecule has 3 nitrogen and oxygen atoms in total. The largest absolute Gasteiger partial charge is 0.325 e. The van der Waals surface area contributed by atoms with E-state index in [1.165, 1.54) is 0 Å². The van der Waals surface area contributed by atoms with Crippen molar-refractivity contribution in [2.75, 3.05) is 11.1 Å². The highest BCUT2D eigenvalue weighted by molar-refractivity contribution is 7.99. The summed E-state index contributed by atoms with van der Waals surface area (Å²) >= 11 is 13.6. The molecule has 0 fully saturated rings. The van der Waals surface area contributed by atoms with Crippen molar-refractivity contribution in [1.29, 1.82) is 0 Å². The number of para-hydroxylation sites is 1. The fourth-order valence-corrected chi connectivity index (χ4v) is 4.95. The lowest BCUT2D eigenvalue weighted by molar-refractivity contribution is -0.118. The number of carbonyl (C=O) groups is 2. The van der Waals surface area contributed by atoms with E-state index in [4.69, 9.17) is 23.2 Å². The molecule has 1 aliphatic heterocycles. The Balaban J connectivity index is 1.47. The van der Waals surface area contributed by atoms with Gasteiger partial charge in [-0.3, -0.25) is 9.59 Å². The van der Waals surface area contributed by atoms with Crippen molar-refractivity contribution in [2.24, 2.45) is 5.92 Å². The molecule has 1 heterocycles. The Bertz CT molecular complexity index is 1120. The van der Waals surface area contributed by atoms with Gasteiger partial charge in [-0.15, -0.1) is 11.8 Å². The van der Waals surface area contributed by atoms with E-state index < -0.39 is 5.92 Å². The van der Waals surface area contributed by atoms with Crippen molar-refractivity contribution in [1.82, 2.24) is 0 Å². The van der Waals surface area contributed by atoms with E-state index in [9.17, 15) is 9.59 Å². The number of aryl methyl sites for hydroxylation is 2. The number of nitrogens with one attached hydrogen (secondary N) is 1. The Morgan fingerprint density at radius 1 is 0.967 bits per heavy atom. The lowest BCUT2D eigenvalue weighted by atomic mass is 9.97. The summed E-state index contributed by atoms with van der Waals surface area (Å²) in [6.45, 7) is 0. The van der Waals surface area contributed by atoms with Crippen molar-refractivity contribution in [3.05, 3.63) is 93.5 Å². The minimum absolute atomic E-state index is 0.116. The van der Waals surface area contributed by atoms with Crippen LogP contribution in [0.1, 0.15) is 21.5 Å². The van der Waals surface area contributed by atoms with Gasteiger partial charge in [0, 0.05) is 21.9 Å². The average Bonchev–Trinajstić information content (AvgIpc) is 2.76. The molecule has 1 amide bonds. The number of amides is 1. The molecule has 1 aliphatic rings. The smallest absolute Gasteiger partial charge is 0.236 e. The molecule has 1 atom stereocenters. The van der Waals surface area contributed by atoms with E-state index in [1.54, 1.807) is 23.9 Å². The number of hydrogen-bond acceptors (Lipinski definition) is 3. The Morgan fingerprint density at radius 2 is 1.73 bits per heavy atom. The third-order valence-electron chi connectivity index (χ3n) is 5.13. The third kappa shape index (κ3) is 4.56. The third-order valence-corrected chi connectivity index (χ3v) is 7.04. The number of hydrogen-bond donors (Lipinski definition) is 1. The van der Waals surface area contributed by atoms with Crippen LogP contribution in [0, 0.1) is 5.92 Å². The molecule has 4 rings (SSSR count). The first-order valence-corrected chi connectivity index (χ1v) is 11.4. The molecule has 1 unspecified atom stereocenters. The second kappa shape index (κ2) is 9.25. The van der Waals surface area contributed by atoms with Gasteiger partial charge in [0.25, 0.3) is 0 Å². The molecule has 0 radical (unpaired) electrons. The van der Waals surface area contributed by atoms with Gasteiger partial charge >= 0.3 is 0 Å². The second-order valence-electron chi connectivity index (χ2n) is 7.12. The highest BCUT2D eigenvalue weighted by atomic mass is 35.5. The van der Waals surface area contributed by atoms with E-state index in [-0.39, 0.29) is 11.7 Å². The van der Waals surface area contributed by atoms with Crippen LogP contribution in [0.5, 0.6) is 0 Å². The molecular weight excluding hydrogens is 437 g/mol. The van der Waals surface area contributed by atoms with Crippen molar-refractivity contribution in [3.63, 3.8) is 0 Å². The number of halogens is 2. The van der Waals surface area contributed by atoms with Gasteiger partial charge in [0.15, 0.2) is 5.78 Å². The predicted molar refractivity (Wildman–Crippen MR) is 124 cm³/mol. The fraction of sp³-hybridized carbons (Fsp3) is 0.167. The van der Waals surface area contributed by atoms with E-state index in [1.807, 2.05) is 54.6 Å². The number of ketones is 1. The number of thioether (sulfide) groups is 1. The molecule has 0 aliphatic carbocycles. The highest BCUT2D eigenvalue weighted by Gasteiger charge is 2.33. The average molecular weight is 456 g/mol. The van der Waals surface area contributed by atoms with Gasteiger partial charge in [0.2, 0.25) is 5.91 Å². The van der Waals surface area contributed by atoms with Crippen LogP contribution >= 0.6 is 35.0 Å². The predicted octanol–water partition coefficient (Wildman–Crippen LogP) is 6.32. The SMILES string of the molecule is O=C(Nc1ccccc1CCc1ccc(Cl)c(Cl)c1)C1CSc2ccccc2C1=O. The molecule has 6 heteroatoms. The summed E-state index contributed by atoms with van der Waals surface area (Å²) in [6, 6.07) is 20.7. The van der Waals surface area contributed by atoms with Crippen LogP contribution in [0.4, 0.5) is 5.69 Å². The van der Waals surface area contributed by atoms with Gasteiger partial charge in [-0.05, 0) is 48.2 Å². The van der Waals surface area contributed by atoms with Crippen molar-refractivity contribution < 1.29 is 9.59 Å². The van der Waals surface area contributed by atoms with Gasteiger partial charge in [0.05, 0.1) is 10.0 Å². The summed E-state index contributed by atoms with van der Waals surface area (Å²) in [6.07, 6.45) is 1.49. The topological polar surface area (TPSA) is 46.2 Å². The Labute approximate surface area is 189 Å². The Hall–Kier alpha value is -2.27. The first-order valence-electron chi connectivity index (χ1n) is 9.61. The fourth-order valence-electron chi connectivity index (χ4n) is 3.48. The van der Waals surface area contributed by atoms with Gasteiger partial charge in [0.1, 0.15) is 5.92 Å². The quantitative estimate of drug-likeness (QED) is 0.457. The van der Waals surface area contributed by atoms with Crippen molar-refractivity contribution >= 4 is 52.3 Å². The molecule has 0 spiro atoms. The van der Waals surface area contributed by atoms with Crippen LogP contribution in [0.25, 0.3) is 0 Å². The van der Waals surface area contributed by atoms with Gasteiger partial charge in [-0.1, -0.05) is 65.7 Å².